The minimum absolute atomic E-state index is 0.383. The minimum atomic E-state index is -0.573. The lowest BCUT2D eigenvalue weighted by atomic mass is 10.2. The monoisotopic (exact) mass is 445 g/mol. The maximum Gasteiger partial charge on any atom is 0.413 e. The van der Waals surface area contributed by atoms with Crippen LogP contribution in [0.1, 0.15) is 26.5 Å². The molecular formula is C18H20BrN7O2. The fourth-order valence-electron chi connectivity index (χ4n) is 2.78. The van der Waals surface area contributed by atoms with Crippen molar-refractivity contribution in [3.63, 3.8) is 0 Å². The lowest BCUT2D eigenvalue weighted by molar-refractivity contribution is 0.0635. The molecule has 3 heterocycles. The highest BCUT2D eigenvalue weighted by Gasteiger charge is 2.20. The van der Waals surface area contributed by atoms with Gasteiger partial charge in [-0.25, -0.2) is 14.3 Å². The number of carbonyl (C=O) groups is 1. The smallest absolute Gasteiger partial charge is 0.413 e. The molecule has 0 bridgehead atoms. The van der Waals surface area contributed by atoms with Crippen molar-refractivity contribution in [1.29, 1.82) is 0 Å². The first-order valence-corrected chi connectivity index (χ1v) is 9.50. The number of hydrogen-bond donors (Lipinski definition) is 3. The van der Waals surface area contributed by atoms with Gasteiger partial charge in [0.05, 0.1) is 29.8 Å². The number of anilines is 3. The standard InChI is InChI=1S/C18H20BrN7O2/c1-18(2,3)28-17(27)21-15-10-26-16(20-15)7-5-12(23-26)9-25-14-8-11(19)4-6-13(14)22-24-25/h4-8,10,22,24H,9H2,1-3H3,(H,21,27). The first kappa shape index (κ1) is 18.5. The third-order valence-electron chi connectivity index (χ3n) is 3.90. The highest BCUT2D eigenvalue weighted by atomic mass is 79.9. The summed E-state index contributed by atoms with van der Waals surface area (Å²) >= 11 is 3.50. The highest BCUT2D eigenvalue weighted by Crippen LogP contribution is 2.32. The Morgan fingerprint density at radius 3 is 2.89 bits per heavy atom. The van der Waals surface area contributed by atoms with Gasteiger partial charge in [0.2, 0.25) is 0 Å². The van der Waals surface area contributed by atoms with Crippen molar-refractivity contribution >= 4 is 44.9 Å². The second-order valence-corrected chi connectivity index (χ2v) is 8.28. The molecule has 2 aromatic heterocycles. The van der Waals surface area contributed by atoms with Crippen molar-refractivity contribution in [1.82, 2.24) is 20.1 Å². The molecule has 4 rings (SSSR count). The van der Waals surface area contributed by atoms with E-state index in [0.29, 0.717) is 18.0 Å². The van der Waals surface area contributed by atoms with Gasteiger partial charge in [0, 0.05) is 4.47 Å². The Balaban J connectivity index is 1.50. The van der Waals surface area contributed by atoms with E-state index in [-0.39, 0.29) is 0 Å². The largest absolute Gasteiger partial charge is 0.444 e. The number of benzene rings is 1. The van der Waals surface area contributed by atoms with E-state index in [1.807, 2.05) is 56.1 Å². The van der Waals surface area contributed by atoms with Crippen LogP contribution in [0, 0.1) is 0 Å². The third kappa shape index (κ3) is 4.02. The fraction of sp³-hybridized carbons (Fsp3) is 0.278. The zero-order valence-electron chi connectivity index (χ0n) is 15.7. The molecule has 0 aliphatic carbocycles. The Morgan fingerprint density at radius 1 is 1.29 bits per heavy atom. The molecule has 0 fully saturated rings. The summed E-state index contributed by atoms with van der Waals surface area (Å²) in [6.45, 7) is 5.96. The predicted molar refractivity (Wildman–Crippen MR) is 110 cm³/mol. The number of hydrogen-bond acceptors (Lipinski definition) is 7. The molecule has 10 heteroatoms. The second kappa shape index (κ2) is 6.95. The van der Waals surface area contributed by atoms with Crippen molar-refractivity contribution in [2.75, 3.05) is 15.8 Å². The number of amides is 1. The zero-order valence-corrected chi connectivity index (χ0v) is 17.2. The summed E-state index contributed by atoms with van der Waals surface area (Å²) < 4.78 is 7.88. The van der Waals surface area contributed by atoms with Crippen LogP contribution in [0.3, 0.4) is 0 Å². The molecular weight excluding hydrogens is 426 g/mol. The van der Waals surface area contributed by atoms with Crippen LogP contribution in [0.2, 0.25) is 0 Å². The molecule has 1 amide bonds. The normalized spacial score (nSPS) is 13.4. The minimum Gasteiger partial charge on any atom is -0.444 e. The first-order chi connectivity index (χ1) is 13.3. The van der Waals surface area contributed by atoms with E-state index in [1.165, 1.54) is 0 Å². The Labute approximate surface area is 170 Å². The molecule has 0 saturated carbocycles. The van der Waals surface area contributed by atoms with Crippen molar-refractivity contribution < 1.29 is 9.53 Å². The lowest BCUT2D eigenvalue weighted by Gasteiger charge is -2.18. The van der Waals surface area contributed by atoms with Gasteiger partial charge in [0.25, 0.3) is 0 Å². The topological polar surface area (TPSA) is 95.8 Å². The third-order valence-corrected chi connectivity index (χ3v) is 4.39. The molecule has 0 saturated heterocycles. The van der Waals surface area contributed by atoms with Crippen LogP contribution in [0.5, 0.6) is 0 Å². The number of nitrogens with one attached hydrogen (secondary N) is 3. The van der Waals surface area contributed by atoms with Gasteiger partial charge in [0.15, 0.2) is 11.5 Å². The number of halogens is 1. The quantitative estimate of drug-likeness (QED) is 0.565. The summed E-state index contributed by atoms with van der Waals surface area (Å²) in [5.74, 6) is 0.383. The van der Waals surface area contributed by atoms with Gasteiger partial charge < -0.3 is 10.2 Å². The van der Waals surface area contributed by atoms with Crippen LogP contribution in [0.4, 0.5) is 22.0 Å². The van der Waals surface area contributed by atoms with Crippen LogP contribution in [0.25, 0.3) is 5.65 Å². The average Bonchev–Trinajstić information content (AvgIpc) is 3.16. The number of hydrazine groups is 2. The summed E-state index contributed by atoms with van der Waals surface area (Å²) in [6.07, 6.45) is 1.11. The lowest BCUT2D eigenvalue weighted by Crippen LogP contribution is -2.35. The molecule has 1 aliphatic heterocycles. The van der Waals surface area contributed by atoms with Crippen LogP contribution in [-0.2, 0) is 11.3 Å². The molecule has 0 unspecified atom stereocenters. The van der Waals surface area contributed by atoms with E-state index in [1.54, 1.807) is 10.7 Å². The zero-order chi connectivity index (χ0) is 19.9. The van der Waals surface area contributed by atoms with E-state index in [0.717, 1.165) is 21.5 Å². The molecule has 146 valence electrons. The van der Waals surface area contributed by atoms with Crippen molar-refractivity contribution in [2.24, 2.45) is 0 Å². The molecule has 1 aliphatic rings. The summed E-state index contributed by atoms with van der Waals surface area (Å²) in [4.78, 5) is 16.3. The summed E-state index contributed by atoms with van der Waals surface area (Å²) in [5, 5.41) is 9.17. The number of fused-ring (bicyclic) bond motifs is 2. The molecule has 3 N–H and O–H groups in total. The van der Waals surface area contributed by atoms with Gasteiger partial charge in [-0.15, -0.1) is 5.53 Å². The maximum absolute atomic E-state index is 11.9. The van der Waals surface area contributed by atoms with Gasteiger partial charge in [0.1, 0.15) is 5.60 Å². The van der Waals surface area contributed by atoms with Crippen molar-refractivity contribution in [3.05, 3.63) is 46.7 Å². The number of nitrogens with zero attached hydrogens (tertiary/aromatic N) is 4. The second-order valence-electron chi connectivity index (χ2n) is 7.36. The Hall–Kier alpha value is -2.85. The Kier molecular flexibility index (Phi) is 4.60. The van der Waals surface area contributed by atoms with Gasteiger partial charge in [-0.05, 0) is 51.1 Å². The highest BCUT2D eigenvalue weighted by molar-refractivity contribution is 9.10. The maximum atomic E-state index is 11.9. The van der Waals surface area contributed by atoms with Gasteiger partial charge in [-0.1, -0.05) is 15.9 Å². The van der Waals surface area contributed by atoms with Gasteiger partial charge in [-0.3, -0.25) is 10.3 Å². The predicted octanol–water partition coefficient (Wildman–Crippen LogP) is 3.69. The van der Waals surface area contributed by atoms with Crippen molar-refractivity contribution in [3.8, 4) is 0 Å². The molecule has 1 aromatic carbocycles. The molecule has 0 radical (unpaired) electrons. The van der Waals surface area contributed by atoms with Crippen LogP contribution in [-0.4, -0.2) is 26.3 Å². The number of ether oxygens (including phenoxy) is 1. The first-order valence-electron chi connectivity index (χ1n) is 8.71. The summed E-state index contributed by atoms with van der Waals surface area (Å²) in [7, 11) is 0. The molecule has 28 heavy (non-hydrogen) atoms. The van der Waals surface area contributed by atoms with E-state index >= 15 is 0 Å². The number of imidazole rings is 1. The number of rotatable bonds is 3. The molecule has 0 atom stereocenters. The number of carbonyl (C=O) groups excluding carboxylic acids is 1. The van der Waals surface area contributed by atoms with Crippen LogP contribution in [0.15, 0.2) is 41.0 Å². The number of aromatic nitrogens is 3. The average molecular weight is 446 g/mol. The van der Waals surface area contributed by atoms with E-state index in [2.05, 4.69) is 42.3 Å². The SMILES string of the molecule is CC(C)(C)OC(=O)Nc1cn2nc(CN3NNc4ccc(Br)cc43)ccc2n1. The molecule has 3 aromatic rings. The fourth-order valence-corrected chi connectivity index (χ4v) is 3.13. The van der Waals surface area contributed by atoms with Crippen LogP contribution < -0.4 is 21.3 Å². The van der Waals surface area contributed by atoms with Gasteiger partial charge in [-0.2, -0.15) is 5.10 Å². The molecule has 0 spiro atoms. The van der Waals surface area contributed by atoms with Crippen molar-refractivity contribution in [2.45, 2.75) is 32.9 Å². The summed E-state index contributed by atoms with van der Waals surface area (Å²) in [6, 6.07) is 9.76. The van der Waals surface area contributed by atoms with Crippen LogP contribution >= 0.6 is 15.9 Å². The van der Waals surface area contributed by atoms with E-state index in [9.17, 15) is 4.79 Å². The Bertz CT molecular complexity index is 1040. The summed E-state index contributed by atoms with van der Waals surface area (Å²) in [5.41, 5.74) is 9.15. The molecule has 9 nitrogen and oxygen atoms in total. The van der Waals surface area contributed by atoms with E-state index in [4.69, 9.17) is 4.74 Å². The van der Waals surface area contributed by atoms with E-state index < -0.39 is 11.7 Å². The Morgan fingerprint density at radius 2 is 2.11 bits per heavy atom. The van der Waals surface area contributed by atoms with Gasteiger partial charge >= 0.3 is 6.09 Å².